The van der Waals surface area contributed by atoms with Gasteiger partial charge in [0.15, 0.2) is 0 Å². The molecule has 2 N–H and O–H groups in total. The molecule has 0 radical (unpaired) electrons. The Labute approximate surface area is 90.0 Å². The van der Waals surface area contributed by atoms with Crippen LogP contribution in [0.2, 0.25) is 0 Å². The lowest BCUT2D eigenvalue weighted by molar-refractivity contribution is -0.137. The molecule has 4 nitrogen and oxygen atoms in total. The maximum Gasteiger partial charge on any atom is 0.303 e. The molecule has 0 aliphatic heterocycles. The molecule has 0 aromatic rings. The fourth-order valence-corrected chi connectivity index (χ4v) is 2.21. The van der Waals surface area contributed by atoms with Gasteiger partial charge in [-0.3, -0.25) is 9.59 Å². The van der Waals surface area contributed by atoms with E-state index in [9.17, 15) is 9.59 Å². The van der Waals surface area contributed by atoms with Gasteiger partial charge in [0.1, 0.15) is 0 Å². The number of nitrogens with one attached hydrogen (secondary N) is 1. The minimum absolute atomic E-state index is 0.0315. The highest BCUT2D eigenvalue weighted by Crippen LogP contribution is 2.27. The zero-order valence-electron chi connectivity index (χ0n) is 9.16. The first-order valence-electron chi connectivity index (χ1n) is 5.57. The molecule has 0 bridgehead atoms. The number of carbonyl (C=O) groups excluding carboxylic acids is 1. The van der Waals surface area contributed by atoms with Gasteiger partial charge in [-0.1, -0.05) is 0 Å². The minimum atomic E-state index is -0.709. The Morgan fingerprint density at radius 1 is 1.27 bits per heavy atom. The van der Waals surface area contributed by atoms with Crippen molar-refractivity contribution in [3.05, 3.63) is 0 Å². The van der Waals surface area contributed by atoms with Crippen LogP contribution in [0.3, 0.4) is 0 Å². The standard InChI is InChI=1S/C11H19NO3/c1-8(13)12-10-5-2-9(3-6-10)4-7-11(14)15/h9-10H,2-7H2,1H3,(H,12,13)(H,14,15)/t9-,10+. The van der Waals surface area contributed by atoms with E-state index < -0.39 is 5.97 Å². The molecule has 4 heteroatoms. The number of hydrogen-bond acceptors (Lipinski definition) is 2. The Bertz CT molecular complexity index is 232. The van der Waals surface area contributed by atoms with Gasteiger partial charge in [-0.25, -0.2) is 0 Å². The third-order valence-corrected chi connectivity index (χ3v) is 3.02. The summed E-state index contributed by atoms with van der Waals surface area (Å²) in [5.74, 6) is -0.144. The first-order valence-corrected chi connectivity index (χ1v) is 5.57. The largest absolute Gasteiger partial charge is 0.481 e. The van der Waals surface area contributed by atoms with Crippen molar-refractivity contribution < 1.29 is 14.7 Å². The van der Waals surface area contributed by atoms with Gasteiger partial charge in [-0.2, -0.15) is 0 Å². The van der Waals surface area contributed by atoms with Crippen molar-refractivity contribution in [2.75, 3.05) is 0 Å². The summed E-state index contributed by atoms with van der Waals surface area (Å²) >= 11 is 0. The smallest absolute Gasteiger partial charge is 0.303 e. The lowest BCUT2D eigenvalue weighted by Crippen LogP contribution is -2.36. The van der Waals surface area contributed by atoms with E-state index >= 15 is 0 Å². The fourth-order valence-electron chi connectivity index (χ4n) is 2.21. The van der Waals surface area contributed by atoms with Crippen LogP contribution in [-0.4, -0.2) is 23.0 Å². The summed E-state index contributed by atoms with van der Waals surface area (Å²) in [6.07, 6.45) is 5.11. The van der Waals surface area contributed by atoms with E-state index in [-0.39, 0.29) is 12.3 Å². The van der Waals surface area contributed by atoms with Crippen molar-refractivity contribution in [2.24, 2.45) is 5.92 Å². The van der Waals surface area contributed by atoms with Gasteiger partial charge in [-0.15, -0.1) is 0 Å². The summed E-state index contributed by atoms with van der Waals surface area (Å²) in [7, 11) is 0. The lowest BCUT2D eigenvalue weighted by Gasteiger charge is -2.28. The molecule has 0 heterocycles. The number of rotatable bonds is 4. The van der Waals surface area contributed by atoms with Crippen molar-refractivity contribution in [3.63, 3.8) is 0 Å². The van der Waals surface area contributed by atoms with Crippen molar-refractivity contribution >= 4 is 11.9 Å². The van der Waals surface area contributed by atoms with Crippen molar-refractivity contribution in [2.45, 2.75) is 51.5 Å². The molecule has 1 aliphatic carbocycles. The number of aliphatic carboxylic acids is 1. The first kappa shape index (κ1) is 12.0. The normalized spacial score (nSPS) is 25.9. The van der Waals surface area contributed by atoms with Crippen LogP contribution in [0.15, 0.2) is 0 Å². The van der Waals surface area contributed by atoms with Crippen LogP contribution in [0.1, 0.15) is 45.4 Å². The van der Waals surface area contributed by atoms with Gasteiger partial charge in [0.25, 0.3) is 0 Å². The molecule has 1 amide bonds. The second-order valence-electron chi connectivity index (χ2n) is 4.35. The minimum Gasteiger partial charge on any atom is -0.481 e. The van der Waals surface area contributed by atoms with Gasteiger partial charge in [-0.05, 0) is 38.0 Å². The van der Waals surface area contributed by atoms with E-state index in [4.69, 9.17) is 5.11 Å². The summed E-state index contributed by atoms with van der Waals surface area (Å²) in [4.78, 5) is 21.2. The topological polar surface area (TPSA) is 66.4 Å². The van der Waals surface area contributed by atoms with E-state index in [2.05, 4.69) is 5.32 Å². The summed E-state index contributed by atoms with van der Waals surface area (Å²) < 4.78 is 0. The highest BCUT2D eigenvalue weighted by Gasteiger charge is 2.21. The molecule has 0 spiro atoms. The van der Waals surface area contributed by atoms with Gasteiger partial charge in [0, 0.05) is 19.4 Å². The molecule has 0 saturated heterocycles. The Balaban J connectivity index is 2.18. The molecule has 0 aromatic carbocycles. The second kappa shape index (κ2) is 5.73. The van der Waals surface area contributed by atoms with Crippen LogP contribution in [-0.2, 0) is 9.59 Å². The number of hydrogen-bond donors (Lipinski definition) is 2. The van der Waals surface area contributed by atoms with Crippen molar-refractivity contribution in [1.82, 2.24) is 5.32 Å². The average molecular weight is 213 g/mol. The average Bonchev–Trinajstić information content (AvgIpc) is 2.16. The Hall–Kier alpha value is -1.06. The molecule has 1 fully saturated rings. The van der Waals surface area contributed by atoms with Crippen molar-refractivity contribution in [1.29, 1.82) is 0 Å². The monoisotopic (exact) mass is 213 g/mol. The Kier molecular flexibility index (Phi) is 4.59. The number of carboxylic acid groups (broad SMARTS) is 1. The summed E-state index contributed by atoms with van der Waals surface area (Å²) in [6.45, 7) is 1.54. The van der Waals surface area contributed by atoms with Crippen LogP contribution < -0.4 is 5.32 Å². The number of amides is 1. The Morgan fingerprint density at radius 2 is 1.87 bits per heavy atom. The lowest BCUT2D eigenvalue weighted by atomic mass is 9.83. The van der Waals surface area contributed by atoms with Crippen LogP contribution in [0.4, 0.5) is 0 Å². The highest BCUT2D eigenvalue weighted by atomic mass is 16.4. The zero-order valence-corrected chi connectivity index (χ0v) is 9.16. The van der Waals surface area contributed by atoms with E-state index in [0.29, 0.717) is 12.0 Å². The molecule has 1 rings (SSSR count). The molecule has 1 aliphatic rings. The molecule has 1 saturated carbocycles. The predicted octanol–water partition coefficient (Wildman–Crippen LogP) is 1.55. The number of carboxylic acids is 1. The summed E-state index contributed by atoms with van der Waals surface area (Å²) in [5.41, 5.74) is 0. The van der Waals surface area contributed by atoms with Gasteiger partial charge in [0.05, 0.1) is 0 Å². The maximum atomic E-state index is 10.8. The quantitative estimate of drug-likeness (QED) is 0.744. The van der Waals surface area contributed by atoms with E-state index in [1.807, 2.05) is 0 Å². The van der Waals surface area contributed by atoms with E-state index in [1.165, 1.54) is 6.92 Å². The van der Waals surface area contributed by atoms with Crippen LogP contribution in [0.25, 0.3) is 0 Å². The van der Waals surface area contributed by atoms with Gasteiger partial charge < -0.3 is 10.4 Å². The predicted molar refractivity (Wildman–Crippen MR) is 56.4 cm³/mol. The van der Waals surface area contributed by atoms with Crippen LogP contribution in [0, 0.1) is 5.92 Å². The van der Waals surface area contributed by atoms with Gasteiger partial charge in [0.2, 0.25) is 5.91 Å². The molecule has 0 aromatic heterocycles. The third kappa shape index (κ3) is 4.81. The molecular weight excluding hydrogens is 194 g/mol. The third-order valence-electron chi connectivity index (χ3n) is 3.02. The van der Waals surface area contributed by atoms with E-state index in [1.54, 1.807) is 0 Å². The molecule has 0 unspecified atom stereocenters. The van der Waals surface area contributed by atoms with Crippen LogP contribution in [0.5, 0.6) is 0 Å². The highest BCUT2D eigenvalue weighted by molar-refractivity contribution is 5.73. The molecular formula is C11H19NO3. The second-order valence-corrected chi connectivity index (χ2v) is 4.35. The molecule has 15 heavy (non-hydrogen) atoms. The molecule has 0 atom stereocenters. The fraction of sp³-hybridized carbons (Fsp3) is 0.818. The summed E-state index contributed by atoms with van der Waals surface area (Å²) in [6, 6.07) is 0.309. The number of carbonyl (C=O) groups is 2. The summed E-state index contributed by atoms with van der Waals surface area (Å²) in [5, 5.41) is 11.5. The zero-order chi connectivity index (χ0) is 11.3. The first-order chi connectivity index (χ1) is 7.08. The molecule has 86 valence electrons. The van der Waals surface area contributed by atoms with Gasteiger partial charge >= 0.3 is 5.97 Å². The SMILES string of the molecule is CC(=O)N[C@H]1CC[C@@H](CCC(=O)O)CC1. The maximum absolute atomic E-state index is 10.8. The van der Waals surface area contributed by atoms with Crippen molar-refractivity contribution in [3.8, 4) is 0 Å². The van der Waals surface area contributed by atoms with E-state index in [0.717, 1.165) is 32.1 Å². The Morgan fingerprint density at radius 3 is 2.33 bits per heavy atom. The van der Waals surface area contributed by atoms with Crippen LogP contribution >= 0.6 is 0 Å².